The largest absolute Gasteiger partial charge is 0.338 e. The Morgan fingerprint density at radius 3 is 2.87 bits per heavy atom. The van der Waals surface area contributed by atoms with Crippen LogP contribution in [0.5, 0.6) is 0 Å². The Labute approximate surface area is 142 Å². The molecule has 0 bridgehead atoms. The number of amides is 1. The molecule has 4 heteroatoms. The lowest BCUT2D eigenvalue weighted by Crippen LogP contribution is -2.39. The normalized spacial score (nSPS) is 18.0. The molecule has 1 aliphatic heterocycles. The number of hydrogen-bond acceptors (Lipinski definition) is 3. The number of piperidine rings is 1. The highest BCUT2D eigenvalue weighted by molar-refractivity contribution is 7.98. The molecule has 1 amide bonds. The molecule has 0 saturated carbocycles. The predicted molar refractivity (Wildman–Crippen MR) is 95.1 cm³/mol. The Bertz CT molecular complexity index is 701. The molecule has 2 aromatic rings. The highest BCUT2D eigenvalue weighted by Crippen LogP contribution is 2.30. The Morgan fingerprint density at radius 1 is 1.26 bits per heavy atom. The standard InChI is InChI=1S/C19H22N2OS/c1-14-7-3-4-9-16(14)15-8-6-12-21(13-15)19(22)17-10-5-11-20-18(17)23-2/h3-5,7,9-11,15H,6,8,12-13H2,1-2H3/t15-/m0/s1. The first-order chi connectivity index (χ1) is 11.2. The van der Waals surface area contributed by atoms with Crippen LogP contribution in [-0.2, 0) is 0 Å². The number of carbonyl (C=O) groups is 1. The van der Waals surface area contributed by atoms with Gasteiger partial charge in [0.25, 0.3) is 5.91 Å². The van der Waals surface area contributed by atoms with E-state index in [1.165, 1.54) is 22.9 Å². The van der Waals surface area contributed by atoms with E-state index < -0.39 is 0 Å². The first-order valence-corrected chi connectivity index (χ1v) is 9.27. The number of aryl methyl sites for hydroxylation is 1. The summed E-state index contributed by atoms with van der Waals surface area (Å²) in [4.78, 5) is 19.2. The van der Waals surface area contributed by atoms with Crippen molar-refractivity contribution in [3.8, 4) is 0 Å². The van der Waals surface area contributed by atoms with Crippen molar-refractivity contribution in [1.82, 2.24) is 9.88 Å². The summed E-state index contributed by atoms with van der Waals surface area (Å²) in [5.41, 5.74) is 3.42. The molecule has 3 nitrogen and oxygen atoms in total. The summed E-state index contributed by atoms with van der Waals surface area (Å²) in [5, 5.41) is 0.815. The molecule has 0 radical (unpaired) electrons. The van der Waals surface area contributed by atoms with Crippen molar-refractivity contribution in [2.24, 2.45) is 0 Å². The summed E-state index contributed by atoms with van der Waals surface area (Å²) < 4.78 is 0. The molecule has 0 unspecified atom stereocenters. The molecule has 23 heavy (non-hydrogen) atoms. The molecule has 1 aromatic heterocycles. The molecule has 0 N–H and O–H groups in total. The molecule has 1 saturated heterocycles. The average Bonchev–Trinajstić information content (AvgIpc) is 2.61. The summed E-state index contributed by atoms with van der Waals surface area (Å²) in [7, 11) is 0. The molecule has 0 spiro atoms. The van der Waals surface area contributed by atoms with E-state index in [1.807, 2.05) is 23.3 Å². The van der Waals surface area contributed by atoms with Gasteiger partial charge >= 0.3 is 0 Å². The fraction of sp³-hybridized carbons (Fsp3) is 0.368. The Morgan fingerprint density at radius 2 is 2.09 bits per heavy atom. The molecule has 3 rings (SSSR count). The average molecular weight is 326 g/mol. The van der Waals surface area contributed by atoms with Crippen LogP contribution in [0, 0.1) is 6.92 Å². The van der Waals surface area contributed by atoms with E-state index in [0.717, 1.165) is 36.5 Å². The lowest BCUT2D eigenvalue weighted by Gasteiger charge is -2.34. The molecule has 1 fully saturated rings. The SMILES string of the molecule is CSc1ncccc1C(=O)N1CCC[C@H](c2ccccc2C)C1. The maximum absolute atomic E-state index is 12.9. The molecule has 1 aromatic carbocycles. The highest BCUT2D eigenvalue weighted by atomic mass is 32.2. The van der Waals surface area contributed by atoms with Crippen molar-refractivity contribution < 1.29 is 4.79 Å². The van der Waals surface area contributed by atoms with Gasteiger partial charge in [0.05, 0.1) is 5.56 Å². The van der Waals surface area contributed by atoms with Crippen molar-refractivity contribution in [2.45, 2.75) is 30.7 Å². The van der Waals surface area contributed by atoms with Crippen LogP contribution in [-0.4, -0.2) is 35.1 Å². The number of likely N-dealkylation sites (tertiary alicyclic amines) is 1. The van der Waals surface area contributed by atoms with Crippen LogP contribution in [0.15, 0.2) is 47.6 Å². The van der Waals surface area contributed by atoms with Crippen LogP contribution < -0.4 is 0 Å². The second kappa shape index (κ2) is 7.18. The molecule has 120 valence electrons. The van der Waals surface area contributed by atoms with Crippen LogP contribution in [0.3, 0.4) is 0 Å². The summed E-state index contributed by atoms with van der Waals surface area (Å²) in [6.07, 6.45) is 5.91. The van der Waals surface area contributed by atoms with Gasteiger partial charge in [-0.1, -0.05) is 24.3 Å². The molecule has 2 heterocycles. The minimum absolute atomic E-state index is 0.112. The number of thioether (sulfide) groups is 1. The van der Waals surface area contributed by atoms with Crippen molar-refractivity contribution in [2.75, 3.05) is 19.3 Å². The fourth-order valence-corrected chi connectivity index (χ4v) is 3.89. The van der Waals surface area contributed by atoms with Crippen molar-refractivity contribution in [1.29, 1.82) is 0 Å². The molecule has 1 atom stereocenters. The zero-order valence-corrected chi connectivity index (χ0v) is 14.5. The van der Waals surface area contributed by atoms with Crippen LogP contribution in [0.4, 0.5) is 0 Å². The fourth-order valence-electron chi connectivity index (χ4n) is 3.35. The van der Waals surface area contributed by atoms with Crippen LogP contribution in [0.2, 0.25) is 0 Å². The van der Waals surface area contributed by atoms with Gasteiger partial charge in [0, 0.05) is 25.2 Å². The second-order valence-electron chi connectivity index (χ2n) is 6.01. The molecule has 1 aliphatic rings. The minimum atomic E-state index is 0.112. The summed E-state index contributed by atoms with van der Waals surface area (Å²) >= 11 is 1.53. The molecule has 0 aliphatic carbocycles. The van der Waals surface area contributed by atoms with Gasteiger partial charge in [0.2, 0.25) is 0 Å². The van der Waals surface area contributed by atoms with Gasteiger partial charge in [0.15, 0.2) is 0 Å². The minimum Gasteiger partial charge on any atom is -0.338 e. The highest BCUT2D eigenvalue weighted by Gasteiger charge is 2.27. The van der Waals surface area contributed by atoms with Crippen LogP contribution in [0.1, 0.15) is 40.2 Å². The van der Waals surface area contributed by atoms with Gasteiger partial charge in [-0.3, -0.25) is 4.79 Å². The Balaban J connectivity index is 1.81. The van der Waals surface area contributed by atoms with Crippen molar-refractivity contribution in [3.05, 3.63) is 59.3 Å². The number of carbonyl (C=O) groups excluding carboxylic acids is 1. The summed E-state index contributed by atoms with van der Waals surface area (Å²) in [5.74, 6) is 0.545. The van der Waals surface area contributed by atoms with E-state index in [9.17, 15) is 4.79 Å². The van der Waals surface area contributed by atoms with Crippen molar-refractivity contribution >= 4 is 17.7 Å². The van der Waals surface area contributed by atoms with Crippen LogP contribution >= 0.6 is 11.8 Å². The third-order valence-electron chi connectivity index (χ3n) is 4.53. The van der Waals surface area contributed by atoms with Crippen molar-refractivity contribution in [3.63, 3.8) is 0 Å². The smallest absolute Gasteiger partial charge is 0.256 e. The lowest BCUT2D eigenvalue weighted by atomic mass is 9.88. The number of hydrogen-bond donors (Lipinski definition) is 0. The number of aromatic nitrogens is 1. The Hall–Kier alpha value is -1.81. The van der Waals surface area contributed by atoms with E-state index in [-0.39, 0.29) is 5.91 Å². The third-order valence-corrected chi connectivity index (χ3v) is 5.24. The van der Waals surface area contributed by atoms with Gasteiger partial charge in [0.1, 0.15) is 5.03 Å². The second-order valence-corrected chi connectivity index (χ2v) is 6.80. The topological polar surface area (TPSA) is 33.2 Å². The maximum atomic E-state index is 12.9. The molecular weight excluding hydrogens is 304 g/mol. The van der Waals surface area contributed by atoms with Crippen LogP contribution in [0.25, 0.3) is 0 Å². The number of rotatable bonds is 3. The van der Waals surface area contributed by atoms with E-state index in [0.29, 0.717) is 5.92 Å². The molecular formula is C19H22N2OS. The number of nitrogens with zero attached hydrogens (tertiary/aromatic N) is 2. The summed E-state index contributed by atoms with van der Waals surface area (Å²) in [6, 6.07) is 12.3. The van der Waals surface area contributed by atoms with Gasteiger partial charge in [-0.05, 0) is 49.3 Å². The zero-order valence-electron chi connectivity index (χ0n) is 13.7. The van der Waals surface area contributed by atoms with E-state index >= 15 is 0 Å². The quantitative estimate of drug-likeness (QED) is 0.795. The Kier molecular flexibility index (Phi) is 5.01. The van der Waals surface area contributed by atoms with Gasteiger partial charge in [-0.25, -0.2) is 4.98 Å². The maximum Gasteiger partial charge on any atom is 0.256 e. The van der Waals surface area contributed by atoms with Gasteiger partial charge < -0.3 is 4.90 Å². The predicted octanol–water partition coefficient (Wildman–Crippen LogP) is 4.13. The number of pyridine rings is 1. The monoisotopic (exact) mass is 326 g/mol. The summed E-state index contributed by atoms with van der Waals surface area (Å²) in [6.45, 7) is 3.79. The van der Waals surface area contributed by atoms with E-state index in [1.54, 1.807) is 6.20 Å². The lowest BCUT2D eigenvalue weighted by molar-refractivity contribution is 0.0702. The van der Waals surface area contributed by atoms with Gasteiger partial charge in [-0.15, -0.1) is 11.8 Å². The zero-order chi connectivity index (χ0) is 16.2. The third kappa shape index (κ3) is 3.42. The first kappa shape index (κ1) is 16.1. The van der Waals surface area contributed by atoms with E-state index in [4.69, 9.17) is 0 Å². The number of benzene rings is 1. The first-order valence-electron chi connectivity index (χ1n) is 8.04. The van der Waals surface area contributed by atoms with E-state index in [2.05, 4.69) is 36.2 Å². The van der Waals surface area contributed by atoms with Gasteiger partial charge in [-0.2, -0.15) is 0 Å².